The first-order valence-electron chi connectivity index (χ1n) is 9.35. The van der Waals surface area contributed by atoms with E-state index in [1.54, 1.807) is 41.3 Å². The second-order valence-corrected chi connectivity index (χ2v) is 9.20. The third-order valence-corrected chi connectivity index (χ3v) is 6.38. The number of halogens is 1. The minimum Gasteiger partial charge on any atom is -0.339 e. The number of amides is 1. The predicted octanol–water partition coefficient (Wildman–Crippen LogP) is 3.81. The first kappa shape index (κ1) is 20.3. The van der Waals surface area contributed by atoms with Crippen molar-refractivity contribution in [3.8, 4) is 0 Å². The van der Waals surface area contributed by atoms with Crippen molar-refractivity contribution in [3.05, 3.63) is 65.5 Å². The van der Waals surface area contributed by atoms with Crippen LogP contribution in [0.5, 0.6) is 0 Å². The van der Waals surface area contributed by atoms with Crippen LogP contribution in [-0.2, 0) is 16.6 Å². The average Bonchev–Trinajstić information content (AvgIpc) is 3.20. The minimum atomic E-state index is -3.54. The summed E-state index contributed by atoms with van der Waals surface area (Å²) >= 11 is 0. The van der Waals surface area contributed by atoms with Crippen molar-refractivity contribution < 1.29 is 17.6 Å². The van der Waals surface area contributed by atoms with E-state index in [1.807, 2.05) is 7.05 Å². The Morgan fingerprint density at radius 1 is 1.04 bits per heavy atom. The van der Waals surface area contributed by atoms with Crippen LogP contribution >= 0.6 is 0 Å². The molecule has 0 heterocycles. The van der Waals surface area contributed by atoms with Crippen molar-refractivity contribution in [2.24, 2.45) is 0 Å². The van der Waals surface area contributed by atoms with Gasteiger partial charge in [-0.2, -0.15) is 0 Å². The lowest BCUT2D eigenvalue weighted by Gasteiger charge is -2.25. The molecule has 0 N–H and O–H groups in total. The van der Waals surface area contributed by atoms with Gasteiger partial charge in [-0.15, -0.1) is 0 Å². The van der Waals surface area contributed by atoms with E-state index in [0.29, 0.717) is 16.8 Å². The fourth-order valence-corrected chi connectivity index (χ4v) is 4.48. The Morgan fingerprint density at radius 2 is 1.61 bits per heavy atom. The highest BCUT2D eigenvalue weighted by Gasteiger charge is 2.25. The molecule has 5 nitrogen and oxygen atoms in total. The highest BCUT2D eigenvalue weighted by molar-refractivity contribution is 7.92. The predicted molar refractivity (Wildman–Crippen MR) is 108 cm³/mol. The number of carbonyl (C=O) groups excluding carboxylic acids is 1. The van der Waals surface area contributed by atoms with Crippen LogP contribution in [0.1, 0.15) is 41.6 Å². The first-order chi connectivity index (χ1) is 13.3. The Labute approximate surface area is 165 Å². The number of nitrogens with zero attached hydrogens (tertiary/aromatic N) is 2. The van der Waals surface area contributed by atoms with Gasteiger partial charge in [-0.1, -0.05) is 25.0 Å². The van der Waals surface area contributed by atoms with Crippen LogP contribution in [-0.4, -0.2) is 38.6 Å². The van der Waals surface area contributed by atoms with Crippen LogP contribution in [0, 0.1) is 5.82 Å². The maximum Gasteiger partial charge on any atom is 0.253 e. The maximum absolute atomic E-state index is 13.1. The van der Waals surface area contributed by atoms with Crippen LogP contribution < -0.4 is 4.31 Å². The monoisotopic (exact) mass is 404 g/mol. The van der Waals surface area contributed by atoms with E-state index in [4.69, 9.17) is 0 Å². The quantitative estimate of drug-likeness (QED) is 0.736. The van der Waals surface area contributed by atoms with E-state index in [-0.39, 0.29) is 24.3 Å². The standard InChI is InChI=1S/C21H25FN2O3S/c1-23(19-5-3-4-6-19)21(25)17-9-13-20(14-10-17)24(28(2,26)27)15-16-7-11-18(22)12-8-16/h7-14,19H,3-6,15H2,1-2H3. The number of anilines is 1. The molecule has 0 saturated heterocycles. The molecule has 0 radical (unpaired) electrons. The molecule has 0 bridgehead atoms. The molecular formula is C21H25FN2O3S. The van der Waals surface area contributed by atoms with E-state index in [9.17, 15) is 17.6 Å². The summed E-state index contributed by atoms with van der Waals surface area (Å²) in [4.78, 5) is 14.5. The third-order valence-electron chi connectivity index (χ3n) is 5.23. The molecular weight excluding hydrogens is 379 g/mol. The highest BCUT2D eigenvalue weighted by Crippen LogP contribution is 2.25. The molecule has 0 aromatic heterocycles. The van der Waals surface area contributed by atoms with Gasteiger partial charge in [0, 0.05) is 18.7 Å². The molecule has 1 aliphatic rings. The van der Waals surface area contributed by atoms with Gasteiger partial charge < -0.3 is 4.90 Å². The molecule has 1 aliphatic carbocycles. The van der Waals surface area contributed by atoms with E-state index in [1.165, 1.54) is 16.4 Å². The number of sulfonamides is 1. The molecule has 0 aliphatic heterocycles. The zero-order chi connectivity index (χ0) is 20.3. The fraction of sp³-hybridized carbons (Fsp3) is 0.381. The number of hydrogen-bond acceptors (Lipinski definition) is 3. The molecule has 0 atom stereocenters. The van der Waals surface area contributed by atoms with Gasteiger partial charge in [-0.25, -0.2) is 12.8 Å². The van der Waals surface area contributed by atoms with Crippen LogP contribution in [0.25, 0.3) is 0 Å². The molecule has 3 rings (SSSR count). The second-order valence-electron chi connectivity index (χ2n) is 7.30. The lowest BCUT2D eigenvalue weighted by Crippen LogP contribution is -2.35. The molecule has 150 valence electrons. The van der Waals surface area contributed by atoms with Gasteiger partial charge >= 0.3 is 0 Å². The summed E-state index contributed by atoms with van der Waals surface area (Å²) in [6, 6.07) is 12.6. The van der Waals surface area contributed by atoms with Crippen molar-refractivity contribution in [1.29, 1.82) is 0 Å². The van der Waals surface area contributed by atoms with Crippen molar-refractivity contribution >= 4 is 21.6 Å². The van der Waals surface area contributed by atoms with Crippen molar-refractivity contribution in [1.82, 2.24) is 4.90 Å². The van der Waals surface area contributed by atoms with E-state index in [2.05, 4.69) is 0 Å². The summed E-state index contributed by atoms with van der Waals surface area (Å²) in [6.07, 6.45) is 5.48. The Morgan fingerprint density at radius 3 is 2.14 bits per heavy atom. The third kappa shape index (κ3) is 4.70. The van der Waals surface area contributed by atoms with Gasteiger partial charge in [0.1, 0.15) is 5.82 Å². The van der Waals surface area contributed by atoms with Gasteiger partial charge in [0.25, 0.3) is 5.91 Å². The van der Waals surface area contributed by atoms with E-state index < -0.39 is 10.0 Å². The molecule has 0 spiro atoms. The summed E-state index contributed by atoms with van der Waals surface area (Å²) in [5.41, 5.74) is 1.67. The maximum atomic E-state index is 13.1. The zero-order valence-electron chi connectivity index (χ0n) is 16.1. The molecule has 2 aromatic carbocycles. The lowest BCUT2D eigenvalue weighted by molar-refractivity contribution is 0.0735. The molecule has 2 aromatic rings. The SMILES string of the molecule is CN(C(=O)c1ccc(N(Cc2ccc(F)cc2)S(C)(=O)=O)cc1)C1CCCC1. The van der Waals surface area contributed by atoms with Crippen LogP contribution in [0.3, 0.4) is 0 Å². The number of hydrogen-bond donors (Lipinski definition) is 0. The molecule has 1 saturated carbocycles. The van der Waals surface area contributed by atoms with E-state index in [0.717, 1.165) is 31.9 Å². The van der Waals surface area contributed by atoms with Crippen LogP contribution in [0.2, 0.25) is 0 Å². The normalized spacial score (nSPS) is 14.8. The Kier molecular flexibility index (Phi) is 6.03. The average molecular weight is 405 g/mol. The number of benzene rings is 2. The highest BCUT2D eigenvalue weighted by atomic mass is 32.2. The molecule has 1 fully saturated rings. The lowest BCUT2D eigenvalue weighted by atomic mass is 10.1. The zero-order valence-corrected chi connectivity index (χ0v) is 17.0. The topological polar surface area (TPSA) is 57.7 Å². The van der Waals surface area contributed by atoms with Gasteiger partial charge in [-0.3, -0.25) is 9.10 Å². The minimum absolute atomic E-state index is 0.0529. The smallest absolute Gasteiger partial charge is 0.253 e. The second kappa shape index (κ2) is 8.31. The number of carbonyl (C=O) groups is 1. The Balaban J connectivity index is 1.80. The van der Waals surface area contributed by atoms with E-state index >= 15 is 0 Å². The van der Waals surface area contributed by atoms with Gasteiger partial charge in [0.15, 0.2) is 0 Å². The van der Waals surface area contributed by atoms with Gasteiger partial charge in [0.2, 0.25) is 10.0 Å². The summed E-state index contributed by atoms with van der Waals surface area (Å²) in [7, 11) is -1.72. The summed E-state index contributed by atoms with van der Waals surface area (Å²) in [5.74, 6) is -0.424. The summed E-state index contributed by atoms with van der Waals surface area (Å²) in [6.45, 7) is 0.0917. The first-order valence-corrected chi connectivity index (χ1v) is 11.2. The van der Waals surface area contributed by atoms with Crippen LogP contribution in [0.15, 0.2) is 48.5 Å². The molecule has 1 amide bonds. The molecule has 0 unspecified atom stereocenters. The fourth-order valence-electron chi connectivity index (χ4n) is 3.59. The van der Waals surface area contributed by atoms with Crippen molar-refractivity contribution in [2.45, 2.75) is 38.3 Å². The van der Waals surface area contributed by atoms with Gasteiger partial charge in [0.05, 0.1) is 18.5 Å². The largest absolute Gasteiger partial charge is 0.339 e. The Bertz CT molecular complexity index is 921. The Hall–Kier alpha value is -2.41. The number of rotatable bonds is 6. The van der Waals surface area contributed by atoms with Crippen molar-refractivity contribution in [3.63, 3.8) is 0 Å². The molecule has 28 heavy (non-hydrogen) atoms. The molecule has 7 heteroatoms. The van der Waals surface area contributed by atoms with Crippen LogP contribution in [0.4, 0.5) is 10.1 Å². The van der Waals surface area contributed by atoms with Gasteiger partial charge in [-0.05, 0) is 54.8 Å². The summed E-state index contributed by atoms with van der Waals surface area (Å²) in [5, 5.41) is 0. The van der Waals surface area contributed by atoms with Crippen molar-refractivity contribution in [2.75, 3.05) is 17.6 Å². The summed E-state index contributed by atoms with van der Waals surface area (Å²) < 4.78 is 38.9.